The largest absolute Gasteiger partial charge is 0.326 e. The van der Waals surface area contributed by atoms with Gasteiger partial charge in [-0.3, -0.25) is 9.80 Å². The Kier molecular flexibility index (Phi) is 4.05. The number of benzene rings is 1. The summed E-state index contributed by atoms with van der Waals surface area (Å²) in [5.74, 6) is 0. The van der Waals surface area contributed by atoms with Crippen LogP contribution in [0.1, 0.15) is 25.0 Å². The molecule has 0 radical (unpaired) electrons. The molecule has 100 valence electrons. The van der Waals surface area contributed by atoms with E-state index in [9.17, 15) is 0 Å². The monoisotopic (exact) mass is 247 g/mol. The third-order valence-corrected chi connectivity index (χ3v) is 4.13. The Morgan fingerprint density at radius 1 is 1.17 bits per heavy atom. The van der Waals surface area contributed by atoms with E-state index in [1.807, 2.05) is 0 Å². The van der Waals surface area contributed by atoms with Crippen LogP contribution in [0.5, 0.6) is 0 Å². The van der Waals surface area contributed by atoms with E-state index in [0.29, 0.717) is 6.54 Å². The Morgan fingerprint density at radius 3 is 2.44 bits per heavy atom. The zero-order valence-corrected chi connectivity index (χ0v) is 11.8. The number of piperazine rings is 1. The molecule has 3 heteroatoms. The molecule has 1 aromatic carbocycles. The van der Waals surface area contributed by atoms with Gasteiger partial charge in [-0.05, 0) is 32.0 Å². The number of rotatable bonds is 3. The zero-order valence-electron chi connectivity index (χ0n) is 11.8. The van der Waals surface area contributed by atoms with Gasteiger partial charge >= 0.3 is 0 Å². The van der Waals surface area contributed by atoms with Gasteiger partial charge in [-0.25, -0.2) is 0 Å². The summed E-state index contributed by atoms with van der Waals surface area (Å²) in [5.41, 5.74) is 8.71. The lowest BCUT2D eigenvalue weighted by Gasteiger charge is -2.45. The van der Waals surface area contributed by atoms with Gasteiger partial charge in [0, 0.05) is 38.3 Å². The number of likely N-dealkylation sites (N-methyl/N-ethyl adjacent to an activating group) is 1. The number of nitrogens with two attached hydrogens (primary N) is 1. The van der Waals surface area contributed by atoms with E-state index in [1.54, 1.807) is 0 Å². The van der Waals surface area contributed by atoms with Crippen LogP contribution >= 0.6 is 0 Å². The molecule has 2 N–H and O–H groups in total. The third kappa shape index (κ3) is 2.91. The lowest BCUT2D eigenvalue weighted by molar-refractivity contribution is 0.0359. The smallest absolute Gasteiger partial charge is 0.0277 e. The van der Waals surface area contributed by atoms with Crippen LogP contribution in [0.2, 0.25) is 0 Å². The molecule has 0 saturated carbocycles. The molecule has 0 bridgehead atoms. The maximum absolute atomic E-state index is 5.80. The molecular weight excluding hydrogens is 222 g/mol. The molecule has 0 unspecified atom stereocenters. The second-order valence-corrected chi connectivity index (χ2v) is 5.92. The Bertz CT molecular complexity index is 400. The van der Waals surface area contributed by atoms with Crippen molar-refractivity contribution in [2.45, 2.75) is 32.5 Å². The quantitative estimate of drug-likeness (QED) is 0.882. The van der Waals surface area contributed by atoms with Crippen molar-refractivity contribution >= 4 is 0 Å². The van der Waals surface area contributed by atoms with Crippen molar-refractivity contribution in [3.63, 3.8) is 0 Å². The molecule has 18 heavy (non-hydrogen) atoms. The van der Waals surface area contributed by atoms with E-state index in [1.165, 1.54) is 11.1 Å². The second kappa shape index (κ2) is 5.39. The fraction of sp³-hybridized carbons (Fsp3) is 0.600. The standard InChI is InChI=1S/C15H25N3/c1-15(2)12-18(9-8-17(15)3)11-14-7-5-4-6-13(14)10-16/h4-7H,8-12,16H2,1-3H3. The number of nitrogens with zero attached hydrogens (tertiary/aromatic N) is 2. The predicted octanol–water partition coefficient (Wildman–Crippen LogP) is 1.67. The van der Waals surface area contributed by atoms with Crippen molar-refractivity contribution in [1.29, 1.82) is 0 Å². The van der Waals surface area contributed by atoms with Crippen LogP contribution in [-0.4, -0.2) is 42.0 Å². The molecule has 1 aliphatic rings. The van der Waals surface area contributed by atoms with Crippen LogP contribution in [0.25, 0.3) is 0 Å². The summed E-state index contributed by atoms with van der Waals surface area (Å²) in [6.45, 7) is 9.67. The van der Waals surface area contributed by atoms with Gasteiger partial charge in [-0.1, -0.05) is 24.3 Å². The highest BCUT2D eigenvalue weighted by molar-refractivity contribution is 5.26. The molecule has 1 heterocycles. The van der Waals surface area contributed by atoms with Crippen molar-refractivity contribution in [3.8, 4) is 0 Å². The van der Waals surface area contributed by atoms with Crippen LogP contribution in [0.3, 0.4) is 0 Å². The van der Waals surface area contributed by atoms with E-state index in [2.05, 4.69) is 55.0 Å². The summed E-state index contributed by atoms with van der Waals surface area (Å²) >= 11 is 0. The van der Waals surface area contributed by atoms with Gasteiger partial charge in [0.25, 0.3) is 0 Å². The fourth-order valence-corrected chi connectivity index (χ4v) is 2.63. The molecule has 1 aromatic rings. The highest BCUT2D eigenvalue weighted by Gasteiger charge is 2.30. The minimum absolute atomic E-state index is 0.260. The van der Waals surface area contributed by atoms with E-state index in [4.69, 9.17) is 5.73 Å². The topological polar surface area (TPSA) is 32.5 Å². The Morgan fingerprint density at radius 2 is 1.83 bits per heavy atom. The highest BCUT2D eigenvalue weighted by atomic mass is 15.3. The summed E-state index contributed by atoms with van der Waals surface area (Å²) in [5, 5.41) is 0. The van der Waals surface area contributed by atoms with Gasteiger partial charge in [0.1, 0.15) is 0 Å². The van der Waals surface area contributed by atoms with Crippen molar-refractivity contribution in [1.82, 2.24) is 9.80 Å². The lowest BCUT2D eigenvalue weighted by Crippen LogP contribution is -2.57. The van der Waals surface area contributed by atoms with Crippen molar-refractivity contribution in [3.05, 3.63) is 35.4 Å². The van der Waals surface area contributed by atoms with Crippen molar-refractivity contribution in [2.24, 2.45) is 5.73 Å². The van der Waals surface area contributed by atoms with Crippen LogP contribution in [0.4, 0.5) is 0 Å². The number of hydrogen-bond acceptors (Lipinski definition) is 3. The highest BCUT2D eigenvalue weighted by Crippen LogP contribution is 2.21. The van der Waals surface area contributed by atoms with Crippen LogP contribution < -0.4 is 5.73 Å². The molecule has 3 nitrogen and oxygen atoms in total. The van der Waals surface area contributed by atoms with Gasteiger partial charge in [0.15, 0.2) is 0 Å². The molecular formula is C15H25N3. The normalized spacial score (nSPS) is 21.1. The van der Waals surface area contributed by atoms with Gasteiger partial charge in [0.2, 0.25) is 0 Å². The fourth-order valence-electron chi connectivity index (χ4n) is 2.63. The zero-order chi connectivity index (χ0) is 13.2. The molecule has 0 atom stereocenters. The summed E-state index contributed by atoms with van der Waals surface area (Å²) in [4.78, 5) is 4.98. The number of hydrogen-bond donors (Lipinski definition) is 1. The molecule has 1 saturated heterocycles. The van der Waals surface area contributed by atoms with E-state index in [-0.39, 0.29) is 5.54 Å². The minimum atomic E-state index is 0.260. The summed E-state index contributed by atoms with van der Waals surface area (Å²) < 4.78 is 0. The molecule has 0 aliphatic carbocycles. The maximum Gasteiger partial charge on any atom is 0.0277 e. The van der Waals surface area contributed by atoms with Crippen LogP contribution in [0.15, 0.2) is 24.3 Å². The Balaban J connectivity index is 2.06. The van der Waals surface area contributed by atoms with Crippen LogP contribution in [0, 0.1) is 0 Å². The first-order valence-corrected chi connectivity index (χ1v) is 6.73. The SMILES string of the molecule is CN1CCN(Cc2ccccc2CN)CC1(C)C. The lowest BCUT2D eigenvalue weighted by atomic mass is 9.98. The molecule has 0 spiro atoms. The third-order valence-electron chi connectivity index (χ3n) is 4.13. The molecule has 0 aromatic heterocycles. The molecule has 1 aliphatic heterocycles. The van der Waals surface area contributed by atoms with Gasteiger partial charge in [0.05, 0.1) is 0 Å². The summed E-state index contributed by atoms with van der Waals surface area (Å²) in [7, 11) is 2.21. The first-order valence-electron chi connectivity index (χ1n) is 6.73. The predicted molar refractivity (Wildman–Crippen MR) is 76.3 cm³/mol. The average Bonchev–Trinajstić information content (AvgIpc) is 2.34. The van der Waals surface area contributed by atoms with Gasteiger partial charge < -0.3 is 5.73 Å². The summed E-state index contributed by atoms with van der Waals surface area (Å²) in [6, 6.07) is 8.51. The second-order valence-electron chi connectivity index (χ2n) is 5.92. The van der Waals surface area contributed by atoms with Crippen LogP contribution in [-0.2, 0) is 13.1 Å². The first-order chi connectivity index (χ1) is 8.53. The summed E-state index contributed by atoms with van der Waals surface area (Å²) in [6.07, 6.45) is 0. The Hall–Kier alpha value is -0.900. The average molecular weight is 247 g/mol. The Labute approximate surface area is 111 Å². The van der Waals surface area contributed by atoms with E-state index in [0.717, 1.165) is 26.2 Å². The molecule has 1 fully saturated rings. The van der Waals surface area contributed by atoms with Gasteiger partial charge in [-0.15, -0.1) is 0 Å². The van der Waals surface area contributed by atoms with Gasteiger partial charge in [-0.2, -0.15) is 0 Å². The van der Waals surface area contributed by atoms with E-state index < -0.39 is 0 Å². The first kappa shape index (κ1) is 13.5. The molecule has 0 amide bonds. The maximum atomic E-state index is 5.80. The van der Waals surface area contributed by atoms with Crippen molar-refractivity contribution < 1.29 is 0 Å². The minimum Gasteiger partial charge on any atom is -0.326 e. The molecule has 2 rings (SSSR count). The van der Waals surface area contributed by atoms with E-state index >= 15 is 0 Å². The van der Waals surface area contributed by atoms with Crippen molar-refractivity contribution in [2.75, 3.05) is 26.7 Å².